The number of benzene rings is 1. The molecular formula is C15H22N2O. The predicted octanol–water partition coefficient (Wildman–Crippen LogP) is 2.64. The Bertz CT molecular complexity index is 359. The van der Waals surface area contributed by atoms with Gasteiger partial charge in [-0.3, -0.25) is 0 Å². The molecule has 0 amide bonds. The van der Waals surface area contributed by atoms with E-state index in [1.807, 2.05) is 30.3 Å². The van der Waals surface area contributed by atoms with Crippen molar-refractivity contribution >= 4 is 0 Å². The molecule has 0 saturated carbocycles. The summed E-state index contributed by atoms with van der Waals surface area (Å²) in [5.74, 6) is 0.472. The second-order valence-electron chi connectivity index (χ2n) is 4.52. The standard InChI is InChI=1S/C15H22N2O/c1-2-13(9-11-18)12-17-15(8-10-16)14-6-4-3-5-7-14/h3-7,13,15,17-18H,2,8-9,11-12H2,1H3. The molecule has 3 heteroatoms. The lowest BCUT2D eigenvalue weighted by atomic mass is 10.00. The van der Waals surface area contributed by atoms with Crippen molar-refractivity contribution in [2.24, 2.45) is 5.92 Å². The van der Waals surface area contributed by atoms with Crippen LogP contribution >= 0.6 is 0 Å². The molecule has 98 valence electrons. The minimum absolute atomic E-state index is 0.0870. The highest BCUT2D eigenvalue weighted by Crippen LogP contribution is 2.17. The highest BCUT2D eigenvalue weighted by molar-refractivity contribution is 5.19. The smallest absolute Gasteiger partial charge is 0.0641 e. The van der Waals surface area contributed by atoms with Crippen molar-refractivity contribution in [3.05, 3.63) is 35.9 Å². The van der Waals surface area contributed by atoms with Gasteiger partial charge in [-0.05, 0) is 24.4 Å². The molecule has 0 fully saturated rings. The highest BCUT2D eigenvalue weighted by atomic mass is 16.3. The summed E-state index contributed by atoms with van der Waals surface area (Å²) < 4.78 is 0. The van der Waals surface area contributed by atoms with Gasteiger partial charge in [0.05, 0.1) is 12.5 Å². The molecule has 0 aliphatic heterocycles. The number of rotatable bonds is 8. The van der Waals surface area contributed by atoms with Gasteiger partial charge in [0.15, 0.2) is 0 Å². The lowest BCUT2D eigenvalue weighted by Crippen LogP contribution is -2.27. The molecule has 1 rings (SSSR count). The van der Waals surface area contributed by atoms with Gasteiger partial charge in [-0.2, -0.15) is 5.26 Å². The Balaban J connectivity index is 2.56. The average molecular weight is 246 g/mol. The van der Waals surface area contributed by atoms with E-state index in [-0.39, 0.29) is 12.6 Å². The van der Waals surface area contributed by atoms with Gasteiger partial charge >= 0.3 is 0 Å². The summed E-state index contributed by atoms with van der Waals surface area (Å²) in [7, 11) is 0. The first kappa shape index (κ1) is 14.7. The third-order valence-electron chi connectivity index (χ3n) is 3.26. The number of hydrogen-bond acceptors (Lipinski definition) is 3. The monoisotopic (exact) mass is 246 g/mol. The van der Waals surface area contributed by atoms with Crippen molar-refractivity contribution in [3.63, 3.8) is 0 Å². The molecule has 1 aromatic rings. The van der Waals surface area contributed by atoms with E-state index in [1.165, 1.54) is 0 Å². The molecule has 0 heterocycles. The lowest BCUT2D eigenvalue weighted by molar-refractivity contribution is 0.248. The van der Waals surface area contributed by atoms with Crippen molar-refractivity contribution in [1.29, 1.82) is 5.26 Å². The summed E-state index contributed by atoms with van der Waals surface area (Å²) in [6, 6.07) is 12.4. The van der Waals surface area contributed by atoms with Crippen LogP contribution in [0.4, 0.5) is 0 Å². The van der Waals surface area contributed by atoms with Crippen LogP contribution in [0.2, 0.25) is 0 Å². The van der Waals surface area contributed by atoms with E-state index in [9.17, 15) is 0 Å². The summed E-state index contributed by atoms with van der Waals surface area (Å²) in [6.07, 6.45) is 2.33. The zero-order valence-corrected chi connectivity index (χ0v) is 11.0. The maximum absolute atomic E-state index is 8.97. The van der Waals surface area contributed by atoms with Crippen LogP contribution in [0.5, 0.6) is 0 Å². The van der Waals surface area contributed by atoms with Gasteiger partial charge in [-0.25, -0.2) is 0 Å². The fraction of sp³-hybridized carbons (Fsp3) is 0.533. The summed E-state index contributed by atoms with van der Waals surface area (Å²) >= 11 is 0. The molecule has 18 heavy (non-hydrogen) atoms. The van der Waals surface area contributed by atoms with Crippen molar-refractivity contribution in [2.75, 3.05) is 13.2 Å². The SMILES string of the molecule is CCC(CCO)CNC(CC#N)c1ccccc1. The zero-order chi connectivity index (χ0) is 13.2. The van der Waals surface area contributed by atoms with Gasteiger partial charge in [0.2, 0.25) is 0 Å². The van der Waals surface area contributed by atoms with E-state index < -0.39 is 0 Å². The fourth-order valence-electron chi connectivity index (χ4n) is 2.03. The Morgan fingerprint density at radius 1 is 1.33 bits per heavy atom. The van der Waals surface area contributed by atoms with Crippen molar-refractivity contribution in [2.45, 2.75) is 32.2 Å². The third-order valence-corrected chi connectivity index (χ3v) is 3.26. The van der Waals surface area contributed by atoms with E-state index in [0.717, 1.165) is 24.9 Å². The van der Waals surface area contributed by atoms with Gasteiger partial charge < -0.3 is 10.4 Å². The lowest BCUT2D eigenvalue weighted by Gasteiger charge is -2.20. The Hall–Kier alpha value is -1.37. The molecule has 1 aromatic carbocycles. The van der Waals surface area contributed by atoms with E-state index in [1.54, 1.807) is 0 Å². The molecule has 3 nitrogen and oxygen atoms in total. The van der Waals surface area contributed by atoms with E-state index in [2.05, 4.69) is 18.3 Å². The first-order valence-corrected chi connectivity index (χ1v) is 6.58. The van der Waals surface area contributed by atoms with Gasteiger partial charge in [-0.1, -0.05) is 43.7 Å². The van der Waals surface area contributed by atoms with E-state index in [0.29, 0.717) is 12.3 Å². The van der Waals surface area contributed by atoms with Crippen LogP contribution in [0.15, 0.2) is 30.3 Å². The molecule has 0 aromatic heterocycles. The fourth-order valence-corrected chi connectivity index (χ4v) is 2.03. The maximum Gasteiger partial charge on any atom is 0.0641 e. The van der Waals surface area contributed by atoms with Crippen LogP contribution in [-0.4, -0.2) is 18.3 Å². The average Bonchev–Trinajstić information content (AvgIpc) is 2.43. The number of aliphatic hydroxyl groups excluding tert-OH is 1. The number of nitrogens with one attached hydrogen (secondary N) is 1. The largest absolute Gasteiger partial charge is 0.396 e. The highest BCUT2D eigenvalue weighted by Gasteiger charge is 2.12. The van der Waals surface area contributed by atoms with E-state index in [4.69, 9.17) is 10.4 Å². The van der Waals surface area contributed by atoms with Gasteiger partial charge in [0.25, 0.3) is 0 Å². The maximum atomic E-state index is 8.97. The minimum atomic E-state index is 0.0870. The third kappa shape index (κ3) is 4.87. The van der Waals surface area contributed by atoms with Crippen LogP contribution in [0, 0.1) is 17.2 Å². The first-order chi connectivity index (χ1) is 8.81. The Morgan fingerprint density at radius 2 is 2.06 bits per heavy atom. The topological polar surface area (TPSA) is 56.0 Å². The number of nitrogens with zero attached hydrogens (tertiary/aromatic N) is 1. The second-order valence-corrected chi connectivity index (χ2v) is 4.52. The molecule has 2 atom stereocenters. The molecule has 0 aliphatic rings. The van der Waals surface area contributed by atoms with Crippen molar-refractivity contribution in [3.8, 4) is 6.07 Å². The molecule has 0 radical (unpaired) electrons. The van der Waals surface area contributed by atoms with Crippen molar-refractivity contribution < 1.29 is 5.11 Å². The van der Waals surface area contributed by atoms with Crippen LogP contribution in [0.25, 0.3) is 0 Å². The summed E-state index contributed by atoms with van der Waals surface area (Å²) in [5.41, 5.74) is 1.15. The van der Waals surface area contributed by atoms with Crippen LogP contribution < -0.4 is 5.32 Å². The molecule has 0 spiro atoms. The second kappa shape index (κ2) is 8.68. The number of aliphatic hydroxyl groups is 1. The summed E-state index contributed by atoms with van der Waals surface area (Å²) in [4.78, 5) is 0. The number of hydrogen-bond donors (Lipinski definition) is 2. The molecule has 0 bridgehead atoms. The molecule has 0 saturated heterocycles. The quantitative estimate of drug-likeness (QED) is 0.741. The van der Waals surface area contributed by atoms with Crippen LogP contribution in [-0.2, 0) is 0 Å². The summed E-state index contributed by atoms with van der Waals surface area (Å²) in [6.45, 7) is 3.20. The normalized spacial score (nSPS) is 13.8. The van der Waals surface area contributed by atoms with E-state index >= 15 is 0 Å². The van der Waals surface area contributed by atoms with Crippen molar-refractivity contribution in [1.82, 2.24) is 5.32 Å². The summed E-state index contributed by atoms with van der Waals surface area (Å²) in [5, 5.41) is 21.3. The Kier molecular flexibility index (Phi) is 7.09. The first-order valence-electron chi connectivity index (χ1n) is 6.58. The molecule has 0 aliphatic carbocycles. The van der Waals surface area contributed by atoms with Gasteiger partial charge in [-0.15, -0.1) is 0 Å². The molecule has 2 unspecified atom stereocenters. The number of nitriles is 1. The zero-order valence-electron chi connectivity index (χ0n) is 11.0. The van der Waals surface area contributed by atoms with Crippen LogP contribution in [0.3, 0.4) is 0 Å². The molecular weight excluding hydrogens is 224 g/mol. The molecule has 2 N–H and O–H groups in total. The van der Waals surface area contributed by atoms with Gasteiger partial charge in [0, 0.05) is 12.6 Å². The van der Waals surface area contributed by atoms with Gasteiger partial charge in [0.1, 0.15) is 0 Å². The Labute approximate surface area is 109 Å². The predicted molar refractivity (Wildman–Crippen MR) is 72.9 cm³/mol. The Morgan fingerprint density at radius 3 is 2.61 bits per heavy atom. The minimum Gasteiger partial charge on any atom is -0.396 e. The van der Waals surface area contributed by atoms with Crippen LogP contribution in [0.1, 0.15) is 37.8 Å².